The normalized spacial score (nSPS) is 10.4. The highest BCUT2D eigenvalue weighted by Crippen LogP contribution is 2.27. The highest BCUT2D eigenvalue weighted by Gasteiger charge is 2.12. The van der Waals surface area contributed by atoms with Crippen LogP contribution in [0.2, 0.25) is 0 Å². The molecule has 3 rings (SSSR count). The Morgan fingerprint density at radius 2 is 1.64 bits per heavy atom. The molecule has 0 radical (unpaired) electrons. The fourth-order valence-corrected chi connectivity index (χ4v) is 2.19. The Hall–Kier alpha value is -3.01. The Morgan fingerprint density at radius 1 is 0.955 bits per heavy atom. The van der Waals surface area contributed by atoms with Crippen molar-refractivity contribution in [3.8, 4) is 28.4 Å². The molecule has 0 bridgehead atoms. The van der Waals surface area contributed by atoms with Gasteiger partial charge in [0.05, 0.1) is 12.7 Å². The fourth-order valence-electron chi connectivity index (χ4n) is 2.19. The van der Waals surface area contributed by atoms with Crippen molar-refractivity contribution in [3.05, 3.63) is 66.2 Å². The third-order valence-corrected chi connectivity index (χ3v) is 3.37. The van der Waals surface area contributed by atoms with Gasteiger partial charge in [0, 0.05) is 0 Å². The maximum Gasteiger partial charge on any atom is 0.343 e. The molecular weight excluding hydrogens is 280 g/mol. The molecule has 2 aliphatic rings. The second kappa shape index (κ2) is 5.77. The summed E-state index contributed by atoms with van der Waals surface area (Å²) in [5, 5.41) is 9.55. The fraction of sp³-hybridized carbons (Fsp3) is 0.0556. The highest BCUT2D eigenvalue weighted by atomic mass is 16.5. The van der Waals surface area contributed by atoms with Gasteiger partial charge in [0.2, 0.25) is 0 Å². The van der Waals surface area contributed by atoms with Gasteiger partial charge < -0.3 is 14.6 Å². The first-order valence-corrected chi connectivity index (χ1v) is 6.75. The number of hydrogen-bond donors (Lipinski definition) is 1. The second-order valence-electron chi connectivity index (χ2n) is 4.78. The number of hydrogen-bond acceptors (Lipinski definition) is 4. The zero-order chi connectivity index (χ0) is 15.5. The van der Waals surface area contributed by atoms with Crippen LogP contribution in [-0.2, 0) is 0 Å². The Balaban J connectivity index is 1.85. The molecule has 110 valence electrons. The molecular formula is C18H14O4. The van der Waals surface area contributed by atoms with E-state index in [0.29, 0.717) is 11.3 Å². The van der Waals surface area contributed by atoms with E-state index in [-0.39, 0.29) is 11.5 Å². The summed E-state index contributed by atoms with van der Waals surface area (Å²) >= 11 is 0. The molecule has 1 aromatic carbocycles. The van der Waals surface area contributed by atoms with Crippen LogP contribution >= 0.6 is 0 Å². The smallest absolute Gasteiger partial charge is 0.343 e. The number of esters is 1. The van der Waals surface area contributed by atoms with Crippen molar-refractivity contribution in [1.82, 2.24) is 0 Å². The molecule has 4 nitrogen and oxygen atoms in total. The summed E-state index contributed by atoms with van der Waals surface area (Å²) in [6.45, 7) is 0. The van der Waals surface area contributed by atoms with Crippen molar-refractivity contribution in [2.75, 3.05) is 7.11 Å². The summed E-state index contributed by atoms with van der Waals surface area (Å²) in [5.41, 5.74) is 2.46. The summed E-state index contributed by atoms with van der Waals surface area (Å²) in [6.07, 6.45) is 0. The molecule has 1 aromatic rings. The number of carbonyl (C=O) groups is 1. The molecule has 2 aliphatic carbocycles. The summed E-state index contributed by atoms with van der Waals surface area (Å²) in [5.74, 6) is 0.146. The molecule has 0 atom stereocenters. The van der Waals surface area contributed by atoms with Gasteiger partial charge in [0.15, 0.2) is 11.5 Å². The number of phenolic OH excluding ortho intramolecular Hbond substituents is 1. The van der Waals surface area contributed by atoms with E-state index >= 15 is 0 Å². The number of methoxy groups -OCH3 is 1. The lowest BCUT2D eigenvalue weighted by Crippen LogP contribution is -2.08. The first kappa shape index (κ1) is 13.9. The van der Waals surface area contributed by atoms with E-state index < -0.39 is 5.97 Å². The number of ether oxygens (including phenoxy) is 2. The third-order valence-electron chi connectivity index (χ3n) is 3.37. The van der Waals surface area contributed by atoms with Crippen molar-refractivity contribution in [2.45, 2.75) is 0 Å². The molecule has 0 saturated carbocycles. The molecule has 0 aromatic heterocycles. The van der Waals surface area contributed by atoms with E-state index in [1.165, 1.54) is 25.3 Å². The Kier molecular flexibility index (Phi) is 3.66. The number of fused-ring (bicyclic) bond motifs is 1. The number of phenols is 1. The third kappa shape index (κ3) is 2.72. The monoisotopic (exact) mass is 294 g/mol. The average Bonchev–Trinajstić information content (AvgIpc) is 2.89. The summed E-state index contributed by atoms with van der Waals surface area (Å²) < 4.78 is 10.3. The standard InChI is InChI=1S/C18H14O4/c1-21-17-11-14(7-10-16(17)19)18(20)22-15-8-5-12-3-2-4-13(12)6-9-15/h2-11,19H,1H3. The minimum atomic E-state index is -0.510. The van der Waals surface area contributed by atoms with E-state index in [1.807, 2.05) is 30.3 Å². The zero-order valence-corrected chi connectivity index (χ0v) is 11.9. The van der Waals surface area contributed by atoms with E-state index in [2.05, 4.69) is 0 Å². The van der Waals surface area contributed by atoms with Gasteiger partial charge in [-0.2, -0.15) is 0 Å². The van der Waals surface area contributed by atoms with Crippen molar-refractivity contribution in [1.29, 1.82) is 0 Å². The molecule has 0 heterocycles. The van der Waals surface area contributed by atoms with Crippen LogP contribution < -0.4 is 9.47 Å². The minimum Gasteiger partial charge on any atom is -0.504 e. The van der Waals surface area contributed by atoms with Crippen molar-refractivity contribution >= 4 is 5.97 Å². The maximum atomic E-state index is 12.2. The van der Waals surface area contributed by atoms with Crippen LogP contribution in [0.1, 0.15) is 10.4 Å². The van der Waals surface area contributed by atoms with Crippen molar-refractivity contribution in [2.24, 2.45) is 0 Å². The van der Waals surface area contributed by atoms with Gasteiger partial charge in [0.1, 0.15) is 5.75 Å². The quantitative estimate of drug-likeness (QED) is 0.748. The SMILES string of the molecule is COc1cc(C(=O)Oc2ccc3cccc-3cc2)ccc1O. The van der Waals surface area contributed by atoms with Gasteiger partial charge in [-0.1, -0.05) is 30.3 Å². The van der Waals surface area contributed by atoms with Crippen LogP contribution in [0.4, 0.5) is 0 Å². The Labute approximate surface area is 127 Å². The lowest BCUT2D eigenvalue weighted by atomic mass is 10.2. The van der Waals surface area contributed by atoms with Gasteiger partial charge in [-0.3, -0.25) is 0 Å². The van der Waals surface area contributed by atoms with Crippen LogP contribution in [0.15, 0.2) is 60.7 Å². The topological polar surface area (TPSA) is 55.8 Å². The van der Waals surface area contributed by atoms with Gasteiger partial charge in [-0.15, -0.1) is 0 Å². The minimum absolute atomic E-state index is 0.0242. The number of benzene rings is 1. The largest absolute Gasteiger partial charge is 0.504 e. The van der Waals surface area contributed by atoms with Crippen LogP contribution in [-0.4, -0.2) is 18.2 Å². The zero-order valence-electron chi connectivity index (χ0n) is 11.9. The lowest BCUT2D eigenvalue weighted by Gasteiger charge is -2.06. The number of carbonyl (C=O) groups excluding carboxylic acids is 1. The van der Waals surface area contributed by atoms with Crippen LogP contribution in [0.25, 0.3) is 11.1 Å². The summed E-state index contributed by atoms with van der Waals surface area (Å²) in [7, 11) is 1.42. The lowest BCUT2D eigenvalue weighted by molar-refractivity contribution is 0.0734. The molecule has 0 unspecified atom stereocenters. The molecule has 0 amide bonds. The van der Waals surface area contributed by atoms with E-state index in [4.69, 9.17) is 9.47 Å². The Morgan fingerprint density at radius 3 is 2.27 bits per heavy atom. The van der Waals surface area contributed by atoms with Crippen LogP contribution in [0.3, 0.4) is 0 Å². The van der Waals surface area contributed by atoms with Crippen molar-refractivity contribution in [3.63, 3.8) is 0 Å². The molecule has 0 spiro atoms. The molecule has 0 aliphatic heterocycles. The number of rotatable bonds is 3. The van der Waals surface area contributed by atoms with E-state index in [1.54, 1.807) is 12.1 Å². The molecule has 22 heavy (non-hydrogen) atoms. The van der Waals surface area contributed by atoms with E-state index in [9.17, 15) is 9.90 Å². The highest BCUT2D eigenvalue weighted by molar-refractivity contribution is 5.91. The molecule has 0 fully saturated rings. The van der Waals surface area contributed by atoms with Gasteiger partial charge >= 0.3 is 5.97 Å². The molecule has 0 saturated heterocycles. The van der Waals surface area contributed by atoms with Gasteiger partial charge in [-0.05, 0) is 41.5 Å². The maximum absolute atomic E-state index is 12.2. The second-order valence-corrected chi connectivity index (χ2v) is 4.78. The summed E-state index contributed by atoms with van der Waals surface area (Å²) in [6, 6.07) is 17.6. The first-order valence-electron chi connectivity index (χ1n) is 6.75. The Bertz CT molecular complexity index is 764. The van der Waals surface area contributed by atoms with Gasteiger partial charge in [-0.25, -0.2) is 4.79 Å². The predicted octanol–water partition coefficient (Wildman–Crippen LogP) is 3.72. The predicted molar refractivity (Wildman–Crippen MR) is 82.7 cm³/mol. The van der Waals surface area contributed by atoms with Crippen molar-refractivity contribution < 1.29 is 19.4 Å². The number of aromatic hydroxyl groups is 1. The first-order chi connectivity index (χ1) is 10.7. The van der Waals surface area contributed by atoms with Gasteiger partial charge in [0.25, 0.3) is 0 Å². The van der Waals surface area contributed by atoms with Crippen LogP contribution in [0, 0.1) is 0 Å². The van der Waals surface area contributed by atoms with Crippen LogP contribution in [0.5, 0.6) is 17.2 Å². The molecule has 4 heteroatoms. The van der Waals surface area contributed by atoms with E-state index in [0.717, 1.165) is 11.1 Å². The summed E-state index contributed by atoms with van der Waals surface area (Å²) in [4.78, 5) is 12.2. The average molecular weight is 294 g/mol. The molecule has 1 N–H and O–H groups in total.